The molecule has 0 spiro atoms. The molecule has 0 radical (unpaired) electrons. The molecule has 30 heavy (non-hydrogen) atoms. The first-order valence-electron chi connectivity index (χ1n) is 9.16. The van der Waals surface area contributed by atoms with E-state index in [1.54, 1.807) is 30.0 Å². The van der Waals surface area contributed by atoms with Crippen LogP contribution in [0.5, 0.6) is 5.75 Å². The maximum atomic E-state index is 12.4. The van der Waals surface area contributed by atoms with Crippen molar-refractivity contribution in [2.24, 2.45) is 0 Å². The van der Waals surface area contributed by atoms with Gasteiger partial charge in [-0.05, 0) is 55.8 Å². The van der Waals surface area contributed by atoms with Gasteiger partial charge < -0.3 is 15.2 Å². The van der Waals surface area contributed by atoms with Gasteiger partial charge in [0.2, 0.25) is 0 Å². The van der Waals surface area contributed by atoms with Gasteiger partial charge in [0, 0.05) is 17.2 Å². The van der Waals surface area contributed by atoms with Gasteiger partial charge in [-0.3, -0.25) is 0 Å². The summed E-state index contributed by atoms with van der Waals surface area (Å²) in [6, 6.07) is 10.2. The highest BCUT2D eigenvalue weighted by Gasteiger charge is 2.19. The quantitative estimate of drug-likeness (QED) is 0.337. The van der Waals surface area contributed by atoms with Gasteiger partial charge in [0.25, 0.3) is 0 Å². The summed E-state index contributed by atoms with van der Waals surface area (Å²) in [6.45, 7) is 2.79. The summed E-state index contributed by atoms with van der Waals surface area (Å²) >= 11 is 13.5. The number of carbonyl (C=O) groups is 1. The number of halogens is 2. The molecule has 10 heteroatoms. The zero-order chi connectivity index (χ0) is 22.1. The maximum Gasteiger partial charge on any atom is 0.341 e. The van der Waals surface area contributed by atoms with Crippen LogP contribution in [0.4, 0.5) is 0 Å². The van der Waals surface area contributed by atoms with Crippen LogP contribution in [0.1, 0.15) is 12.0 Å². The van der Waals surface area contributed by atoms with Gasteiger partial charge in [-0.15, -0.1) is 11.8 Å². The number of hydrogen-bond donors (Lipinski definition) is 2. The average molecular weight is 492 g/mol. The fourth-order valence-electron chi connectivity index (χ4n) is 2.60. The molecule has 0 aliphatic carbocycles. The Morgan fingerprint density at radius 2 is 1.97 bits per heavy atom. The summed E-state index contributed by atoms with van der Waals surface area (Å²) in [4.78, 5) is 11.7. The normalized spacial score (nSPS) is 11.4. The fraction of sp³-hybridized carbons (Fsp3) is 0.350. The molecule has 0 aromatic heterocycles. The summed E-state index contributed by atoms with van der Waals surface area (Å²) in [5.41, 5.74) is 0.874. The highest BCUT2D eigenvalue weighted by Crippen LogP contribution is 2.30. The van der Waals surface area contributed by atoms with Crippen LogP contribution in [0.3, 0.4) is 0 Å². The van der Waals surface area contributed by atoms with Crippen molar-refractivity contribution in [2.75, 3.05) is 31.2 Å². The Kier molecular flexibility index (Phi) is 9.77. The minimum atomic E-state index is -3.48. The van der Waals surface area contributed by atoms with Gasteiger partial charge in [0.05, 0.1) is 20.7 Å². The van der Waals surface area contributed by atoms with Gasteiger partial charge >= 0.3 is 5.97 Å². The van der Waals surface area contributed by atoms with Crippen LogP contribution in [0.2, 0.25) is 10.0 Å². The topological polar surface area (TPSA) is 92.7 Å². The molecule has 0 aliphatic heterocycles. The molecule has 2 N–H and O–H groups in total. The van der Waals surface area contributed by atoms with E-state index in [0.717, 1.165) is 22.8 Å². The van der Waals surface area contributed by atoms with Crippen molar-refractivity contribution >= 4 is 50.8 Å². The third kappa shape index (κ3) is 7.67. The molecule has 0 saturated carbocycles. The smallest absolute Gasteiger partial charge is 0.341 e. The van der Waals surface area contributed by atoms with Crippen LogP contribution in [0, 0.1) is 6.92 Å². The van der Waals surface area contributed by atoms with E-state index in [2.05, 4.69) is 5.32 Å². The van der Waals surface area contributed by atoms with Crippen LogP contribution in [-0.4, -0.2) is 50.7 Å². The van der Waals surface area contributed by atoms with Gasteiger partial charge in [-0.25, -0.2) is 13.2 Å². The largest absolute Gasteiger partial charge is 0.482 e. The number of ether oxygens (including phenoxy) is 1. The number of aliphatic carboxylic acids is 1. The number of benzene rings is 2. The zero-order valence-electron chi connectivity index (χ0n) is 16.4. The lowest BCUT2D eigenvalue weighted by molar-refractivity contribution is -0.139. The Labute approximate surface area is 190 Å². The Morgan fingerprint density at radius 3 is 2.67 bits per heavy atom. The molecular formula is C20H23Cl2NO5S2. The van der Waals surface area contributed by atoms with Crippen LogP contribution in [0.25, 0.3) is 0 Å². The highest BCUT2D eigenvalue weighted by atomic mass is 35.5. The first-order chi connectivity index (χ1) is 14.2. The van der Waals surface area contributed by atoms with Gasteiger partial charge in [-0.1, -0.05) is 29.3 Å². The summed E-state index contributed by atoms with van der Waals surface area (Å²) in [6.07, 6.45) is 0.463. The number of rotatable bonds is 12. The Balaban J connectivity index is 1.69. The average Bonchev–Trinajstić information content (AvgIpc) is 2.68. The third-order valence-electron chi connectivity index (χ3n) is 4.06. The Bertz CT molecular complexity index is 983. The summed E-state index contributed by atoms with van der Waals surface area (Å²) in [7, 11) is -3.48. The molecule has 0 saturated heterocycles. The molecule has 0 heterocycles. The minimum absolute atomic E-state index is 0.00972. The van der Waals surface area contributed by atoms with Gasteiger partial charge in [0.1, 0.15) is 5.75 Å². The van der Waals surface area contributed by atoms with E-state index < -0.39 is 15.8 Å². The second kappa shape index (κ2) is 11.8. The van der Waals surface area contributed by atoms with E-state index in [1.165, 1.54) is 6.07 Å². The van der Waals surface area contributed by atoms with Crippen molar-refractivity contribution in [3.05, 3.63) is 52.0 Å². The molecule has 2 aromatic rings. The lowest BCUT2D eigenvalue weighted by Gasteiger charge is -2.10. The van der Waals surface area contributed by atoms with Gasteiger partial charge in [-0.2, -0.15) is 0 Å². The van der Waals surface area contributed by atoms with Crippen molar-refractivity contribution < 1.29 is 23.1 Å². The second-order valence-corrected chi connectivity index (χ2v) is 10.5. The molecule has 0 amide bonds. The monoisotopic (exact) mass is 491 g/mol. The van der Waals surface area contributed by atoms with Crippen molar-refractivity contribution in [1.29, 1.82) is 0 Å². The Morgan fingerprint density at radius 1 is 1.20 bits per heavy atom. The molecule has 0 bridgehead atoms. The first kappa shape index (κ1) is 24.8. The van der Waals surface area contributed by atoms with Crippen LogP contribution >= 0.6 is 35.0 Å². The summed E-state index contributed by atoms with van der Waals surface area (Å²) in [5.74, 6) is 0.342. The zero-order valence-corrected chi connectivity index (χ0v) is 19.5. The first-order valence-corrected chi connectivity index (χ1v) is 12.6. The van der Waals surface area contributed by atoms with Crippen molar-refractivity contribution in [1.82, 2.24) is 5.32 Å². The van der Waals surface area contributed by atoms with Crippen LogP contribution in [-0.2, 0) is 14.6 Å². The highest BCUT2D eigenvalue weighted by molar-refractivity contribution is 7.99. The van der Waals surface area contributed by atoms with E-state index in [9.17, 15) is 13.2 Å². The number of carboxylic acid groups (broad SMARTS) is 1. The molecule has 0 aliphatic rings. The van der Waals surface area contributed by atoms with E-state index in [4.69, 9.17) is 33.0 Å². The lowest BCUT2D eigenvalue weighted by atomic mass is 10.2. The van der Waals surface area contributed by atoms with E-state index in [0.29, 0.717) is 18.7 Å². The Hall–Kier alpha value is -1.45. The number of aryl methyl sites for hydroxylation is 1. The number of nitrogens with one attached hydrogen (secondary N) is 1. The van der Waals surface area contributed by atoms with Crippen molar-refractivity contribution in [3.8, 4) is 5.75 Å². The number of carboxylic acids is 1. The SMILES string of the molecule is Cc1cc(SCCNCCCS(=O)(=O)c2cccc(Cl)c2Cl)ccc1OCC(=O)O. The standard InChI is InChI=1S/C20H23Cl2NO5S2/c1-14-12-15(6-7-17(14)28-13-19(24)25)29-10-9-23-8-3-11-30(26,27)18-5-2-4-16(21)20(18)22/h2,4-7,12,23H,3,8-11,13H2,1H3,(H,24,25). The molecule has 164 valence electrons. The van der Waals surface area contributed by atoms with Crippen LogP contribution in [0.15, 0.2) is 46.2 Å². The lowest BCUT2D eigenvalue weighted by Crippen LogP contribution is -2.21. The molecule has 0 atom stereocenters. The molecule has 2 aromatic carbocycles. The predicted octanol–water partition coefficient (Wildman–Crippen LogP) is 4.31. The molecule has 0 unspecified atom stereocenters. The fourth-order valence-corrected chi connectivity index (χ4v) is 5.63. The van der Waals surface area contributed by atoms with Gasteiger partial charge in [0.15, 0.2) is 16.4 Å². The summed E-state index contributed by atoms with van der Waals surface area (Å²) in [5, 5.41) is 12.2. The van der Waals surface area contributed by atoms with Crippen LogP contribution < -0.4 is 10.1 Å². The number of thioether (sulfide) groups is 1. The molecular weight excluding hydrogens is 469 g/mol. The minimum Gasteiger partial charge on any atom is -0.482 e. The van der Waals surface area contributed by atoms with E-state index in [1.807, 2.05) is 19.1 Å². The second-order valence-electron chi connectivity index (χ2n) is 6.43. The number of sulfone groups is 1. The van der Waals surface area contributed by atoms with Crippen molar-refractivity contribution in [2.45, 2.75) is 23.1 Å². The van der Waals surface area contributed by atoms with E-state index >= 15 is 0 Å². The summed E-state index contributed by atoms with van der Waals surface area (Å²) < 4.78 is 30.0. The predicted molar refractivity (Wildman–Crippen MR) is 121 cm³/mol. The third-order valence-corrected chi connectivity index (χ3v) is 7.83. The molecule has 6 nitrogen and oxygen atoms in total. The molecule has 0 fully saturated rings. The number of hydrogen-bond acceptors (Lipinski definition) is 6. The van der Waals surface area contributed by atoms with Crippen molar-refractivity contribution in [3.63, 3.8) is 0 Å². The maximum absolute atomic E-state index is 12.4. The van der Waals surface area contributed by atoms with E-state index in [-0.39, 0.29) is 27.3 Å². The molecule has 2 rings (SSSR count).